The summed E-state index contributed by atoms with van der Waals surface area (Å²) in [6.07, 6.45) is 5.15. The summed E-state index contributed by atoms with van der Waals surface area (Å²) in [4.78, 5) is 10.6. The lowest BCUT2D eigenvalue weighted by Gasteiger charge is -2.32. The van der Waals surface area contributed by atoms with Crippen molar-refractivity contribution >= 4 is 0 Å². The third-order valence-electron chi connectivity index (χ3n) is 4.27. The van der Waals surface area contributed by atoms with Gasteiger partial charge in [-0.15, -0.1) is 0 Å². The van der Waals surface area contributed by atoms with Crippen LogP contribution < -0.4 is 0 Å². The van der Waals surface area contributed by atoms with Gasteiger partial charge in [-0.25, -0.2) is 4.98 Å². The van der Waals surface area contributed by atoms with Crippen molar-refractivity contribution in [1.29, 1.82) is 0 Å². The molecular weight excluding hydrogens is 262 g/mol. The molecule has 1 N–H and O–H groups in total. The number of ether oxygens (including phenoxy) is 1. The van der Waals surface area contributed by atoms with E-state index in [9.17, 15) is 0 Å². The van der Waals surface area contributed by atoms with Crippen molar-refractivity contribution in [2.24, 2.45) is 5.92 Å². The molecule has 2 rings (SSSR count). The molecule has 2 heterocycles. The second kappa shape index (κ2) is 7.95. The number of rotatable bonds is 7. The van der Waals surface area contributed by atoms with E-state index >= 15 is 0 Å². The molecule has 4 heteroatoms. The number of imidazole rings is 1. The second-order valence-corrected chi connectivity index (χ2v) is 6.66. The molecule has 0 aromatic carbocycles. The summed E-state index contributed by atoms with van der Waals surface area (Å²) in [7, 11) is 0. The maximum atomic E-state index is 5.91. The minimum Gasteiger partial charge on any atom is -0.376 e. The lowest BCUT2D eigenvalue weighted by atomic mass is 10.0. The predicted molar refractivity (Wildman–Crippen MR) is 86.4 cm³/mol. The van der Waals surface area contributed by atoms with E-state index in [2.05, 4.69) is 37.6 Å². The van der Waals surface area contributed by atoms with E-state index in [1.54, 1.807) is 0 Å². The lowest BCUT2D eigenvalue weighted by Crippen LogP contribution is -2.42. The van der Waals surface area contributed by atoms with Crippen LogP contribution in [0.5, 0.6) is 0 Å². The molecule has 120 valence electrons. The number of H-pyrrole nitrogens is 1. The first-order chi connectivity index (χ1) is 10.1. The minimum absolute atomic E-state index is 0.405. The molecule has 0 bridgehead atoms. The van der Waals surface area contributed by atoms with Crippen LogP contribution in [-0.2, 0) is 17.7 Å². The number of aromatic amines is 1. The fourth-order valence-corrected chi connectivity index (χ4v) is 2.95. The largest absolute Gasteiger partial charge is 0.376 e. The highest BCUT2D eigenvalue weighted by atomic mass is 16.5. The first-order valence-electron chi connectivity index (χ1n) is 8.46. The normalized spacial score (nSPS) is 20.3. The Hall–Kier alpha value is -0.870. The highest BCUT2D eigenvalue weighted by Gasteiger charge is 2.21. The van der Waals surface area contributed by atoms with E-state index < -0.39 is 0 Å². The fourth-order valence-electron chi connectivity index (χ4n) is 2.95. The third kappa shape index (κ3) is 5.11. The number of nitrogens with one attached hydrogen (secondary N) is 1. The Balaban J connectivity index is 1.81. The molecular formula is C17H31N3O. The van der Waals surface area contributed by atoms with Gasteiger partial charge in [0.1, 0.15) is 5.82 Å². The highest BCUT2D eigenvalue weighted by molar-refractivity contribution is 5.13. The Morgan fingerprint density at radius 3 is 2.90 bits per heavy atom. The van der Waals surface area contributed by atoms with Crippen molar-refractivity contribution in [3.05, 3.63) is 17.2 Å². The molecule has 0 radical (unpaired) electrons. The number of aromatic nitrogens is 2. The number of nitrogens with zero attached hydrogens (tertiary/aromatic N) is 2. The Bertz CT molecular complexity index is 428. The Morgan fingerprint density at radius 2 is 2.24 bits per heavy atom. The minimum atomic E-state index is 0.405. The van der Waals surface area contributed by atoms with Gasteiger partial charge < -0.3 is 9.72 Å². The molecule has 0 unspecified atom stereocenters. The van der Waals surface area contributed by atoms with E-state index in [0.717, 1.165) is 44.4 Å². The van der Waals surface area contributed by atoms with E-state index in [4.69, 9.17) is 9.72 Å². The summed E-state index contributed by atoms with van der Waals surface area (Å²) in [6.45, 7) is 12.7. The van der Waals surface area contributed by atoms with Crippen molar-refractivity contribution in [3.63, 3.8) is 0 Å². The van der Waals surface area contributed by atoms with Crippen LogP contribution in [0.15, 0.2) is 0 Å². The van der Waals surface area contributed by atoms with Gasteiger partial charge in [-0.2, -0.15) is 0 Å². The summed E-state index contributed by atoms with van der Waals surface area (Å²) in [5.41, 5.74) is 2.42. The van der Waals surface area contributed by atoms with Crippen LogP contribution in [0.3, 0.4) is 0 Å². The van der Waals surface area contributed by atoms with Gasteiger partial charge in [0, 0.05) is 31.7 Å². The van der Waals surface area contributed by atoms with Crippen molar-refractivity contribution in [2.75, 3.05) is 19.7 Å². The van der Waals surface area contributed by atoms with Crippen molar-refractivity contribution in [1.82, 2.24) is 14.9 Å². The van der Waals surface area contributed by atoms with Gasteiger partial charge in [-0.3, -0.25) is 4.90 Å². The fraction of sp³-hybridized carbons (Fsp3) is 0.824. The molecule has 1 aliphatic rings. The summed E-state index contributed by atoms with van der Waals surface area (Å²) in [6, 6.07) is 0. The zero-order valence-corrected chi connectivity index (χ0v) is 14.1. The molecule has 0 aliphatic carbocycles. The van der Waals surface area contributed by atoms with Gasteiger partial charge >= 0.3 is 0 Å². The molecule has 1 aromatic heterocycles. The van der Waals surface area contributed by atoms with E-state index in [1.807, 2.05) is 0 Å². The molecule has 0 saturated carbocycles. The Morgan fingerprint density at radius 1 is 1.43 bits per heavy atom. The average molecular weight is 293 g/mol. The van der Waals surface area contributed by atoms with Crippen molar-refractivity contribution < 1.29 is 4.74 Å². The predicted octanol–water partition coefficient (Wildman–Crippen LogP) is 3.31. The second-order valence-electron chi connectivity index (χ2n) is 6.66. The van der Waals surface area contributed by atoms with Crippen LogP contribution in [0.25, 0.3) is 0 Å². The zero-order chi connectivity index (χ0) is 15.2. The molecule has 1 aliphatic heterocycles. The Kier molecular flexibility index (Phi) is 6.24. The molecule has 1 saturated heterocycles. The molecule has 1 fully saturated rings. The van der Waals surface area contributed by atoms with Crippen LogP contribution >= 0.6 is 0 Å². The van der Waals surface area contributed by atoms with Gasteiger partial charge in [-0.05, 0) is 19.3 Å². The van der Waals surface area contributed by atoms with Gasteiger partial charge in [0.25, 0.3) is 0 Å². The SMILES string of the molecule is CCc1nc(CN2CCO[C@@H](CCCC(C)C)C2)c(C)[nH]1. The van der Waals surface area contributed by atoms with Crippen LogP contribution in [0.4, 0.5) is 0 Å². The number of aryl methyl sites for hydroxylation is 2. The molecule has 0 spiro atoms. The van der Waals surface area contributed by atoms with Gasteiger partial charge in [0.15, 0.2) is 0 Å². The molecule has 1 atom stereocenters. The monoisotopic (exact) mass is 293 g/mol. The standard InChI is InChI=1S/C17H31N3O/c1-5-17-18-14(4)16(19-17)12-20-9-10-21-15(11-20)8-6-7-13(2)3/h13,15H,5-12H2,1-4H3,(H,18,19)/t15-/m0/s1. The first kappa shape index (κ1) is 16.5. The van der Waals surface area contributed by atoms with E-state index in [0.29, 0.717) is 6.10 Å². The van der Waals surface area contributed by atoms with Crippen LogP contribution in [0.2, 0.25) is 0 Å². The summed E-state index contributed by atoms with van der Waals surface area (Å²) < 4.78 is 5.91. The molecule has 1 aromatic rings. The summed E-state index contributed by atoms with van der Waals surface area (Å²) in [5.74, 6) is 1.90. The van der Waals surface area contributed by atoms with Crippen LogP contribution in [-0.4, -0.2) is 40.7 Å². The average Bonchev–Trinajstić information content (AvgIpc) is 2.79. The van der Waals surface area contributed by atoms with Crippen molar-refractivity contribution in [2.45, 2.75) is 66.0 Å². The highest BCUT2D eigenvalue weighted by Crippen LogP contribution is 2.17. The molecule has 21 heavy (non-hydrogen) atoms. The van der Waals surface area contributed by atoms with Gasteiger partial charge in [0.2, 0.25) is 0 Å². The topological polar surface area (TPSA) is 41.2 Å². The Labute approximate surface area is 129 Å². The van der Waals surface area contributed by atoms with Crippen LogP contribution in [0, 0.1) is 12.8 Å². The third-order valence-corrected chi connectivity index (χ3v) is 4.27. The number of hydrogen-bond donors (Lipinski definition) is 1. The summed E-state index contributed by atoms with van der Waals surface area (Å²) in [5, 5.41) is 0. The zero-order valence-electron chi connectivity index (χ0n) is 14.1. The quantitative estimate of drug-likeness (QED) is 0.838. The van der Waals surface area contributed by atoms with Crippen molar-refractivity contribution in [3.8, 4) is 0 Å². The van der Waals surface area contributed by atoms with E-state index in [-0.39, 0.29) is 0 Å². The smallest absolute Gasteiger partial charge is 0.106 e. The maximum absolute atomic E-state index is 5.91. The molecule has 0 amide bonds. The van der Waals surface area contributed by atoms with Gasteiger partial charge in [-0.1, -0.05) is 33.6 Å². The van der Waals surface area contributed by atoms with Gasteiger partial charge in [0.05, 0.1) is 18.4 Å². The molecule has 4 nitrogen and oxygen atoms in total. The maximum Gasteiger partial charge on any atom is 0.106 e. The first-order valence-corrected chi connectivity index (χ1v) is 8.46. The van der Waals surface area contributed by atoms with Crippen LogP contribution in [0.1, 0.15) is 57.2 Å². The lowest BCUT2D eigenvalue weighted by molar-refractivity contribution is -0.0364. The van der Waals surface area contributed by atoms with E-state index in [1.165, 1.54) is 30.7 Å². The number of hydrogen-bond acceptors (Lipinski definition) is 3. The summed E-state index contributed by atoms with van der Waals surface area (Å²) >= 11 is 0. The number of morpholine rings is 1.